The fraction of sp³-hybridized carbons (Fsp3) is 0.647. The Morgan fingerprint density at radius 3 is 2.21 bits per heavy atom. The first-order valence-corrected chi connectivity index (χ1v) is 7.55. The number of nitrogens with one attached hydrogen (secondary N) is 1. The van der Waals surface area contributed by atoms with Gasteiger partial charge in [-0.2, -0.15) is 0 Å². The predicted octanol–water partition coefficient (Wildman–Crippen LogP) is 3.66. The molecule has 0 fully saturated rings. The summed E-state index contributed by atoms with van der Waals surface area (Å²) in [6.45, 7) is 15.5. The molecule has 0 unspecified atom stereocenters. The molecule has 2 nitrogen and oxygen atoms in total. The lowest BCUT2D eigenvalue weighted by molar-refractivity contribution is 0.247. The Bertz CT molecular complexity index is 358. The SMILES string of the molecule is CCN(Cc1ccccc1CNC(C)C)CC(C)C. The summed E-state index contributed by atoms with van der Waals surface area (Å²) >= 11 is 0. The third kappa shape index (κ3) is 6.22. The Morgan fingerprint density at radius 2 is 1.68 bits per heavy atom. The van der Waals surface area contributed by atoms with Crippen LogP contribution in [0.1, 0.15) is 45.7 Å². The van der Waals surface area contributed by atoms with Crippen LogP contribution in [0.25, 0.3) is 0 Å². The summed E-state index contributed by atoms with van der Waals surface area (Å²) in [5.74, 6) is 0.723. The van der Waals surface area contributed by atoms with Crippen molar-refractivity contribution in [1.82, 2.24) is 10.2 Å². The van der Waals surface area contributed by atoms with Crippen molar-refractivity contribution in [2.45, 2.75) is 53.8 Å². The van der Waals surface area contributed by atoms with Crippen molar-refractivity contribution in [2.24, 2.45) is 5.92 Å². The summed E-state index contributed by atoms with van der Waals surface area (Å²) in [7, 11) is 0. The minimum Gasteiger partial charge on any atom is -0.310 e. The monoisotopic (exact) mass is 262 g/mol. The van der Waals surface area contributed by atoms with Crippen LogP contribution in [-0.4, -0.2) is 24.0 Å². The highest BCUT2D eigenvalue weighted by atomic mass is 15.1. The van der Waals surface area contributed by atoms with Crippen molar-refractivity contribution in [1.29, 1.82) is 0 Å². The molecule has 0 heterocycles. The number of benzene rings is 1. The molecule has 2 heteroatoms. The molecule has 19 heavy (non-hydrogen) atoms. The first kappa shape index (κ1) is 16.2. The molecule has 108 valence electrons. The number of hydrogen-bond donors (Lipinski definition) is 1. The molecular weight excluding hydrogens is 232 g/mol. The molecule has 1 N–H and O–H groups in total. The molecule has 0 aliphatic carbocycles. The smallest absolute Gasteiger partial charge is 0.0236 e. The second-order valence-corrected chi connectivity index (χ2v) is 6.03. The molecule has 0 saturated carbocycles. The van der Waals surface area contributed by atoms with Gasteiger partial charge >= 0.3 is 0 Å². The van der Waals surface area contributed by atoms with Crippen molar-refractivity contribution in [3.8, 4) is 0 Å². The van der Waals surface area contributed by atoms with E-state index in [9.17, 15) is 0 Å². The van der Waals surface area contributed by atoms with Gasteiger partial charge in [-0.15, -0.1) is 0 Å². The predicted molar refractivity (Wildman–Crippen MR) is 84.2 cm³/mol. The van der Waals surface area contributed by atoms with Crippen LogP contribution in [0.5, 0.6) is 0 Å². The van der Waals surface area contributed by atoms with Gasteiger partial charge in [0, 0.05) is 25.7 Å². The molecule has 0 bridgehead atoms. The van der Waals surface area contributed by atoms with E-state index in [1.807, 2.05) is 0 Å². The van der Waals surface area contributed by atoms with E-state index in [0.29, 0.717) is 6.04 Å². The van der Waals surface area contributed by atoms with Gasteiger partial charge in [0.2, 0.25) is 0 Å². The third-order valence-corrected chi connectivity index (χ3v) is 3.28. The highest BCUT2D eigenvalue weighted by Crippen LogP contribution is 2.13. The normalized spacial score (nSPS) is 11.8. The zero-order valence-corrected chi connectivity index (χ0v) is 13.2. The maximum atomic E-state index is 3.52. The van der Waals surface area contributed by atoms with Crippen LogP contribution in [-0.2, 0) is 13.1 Å². The van der Waals surface area contributed by atoms with Crippen LogP contribution in [0.15, 0.2) is 24.3 Å². The van der Waals surface area contributed by atoms with Gasteiger partial charge in [0.15, 0.2) is 0 Å². The number of rotatable bonds is 8. The molecule has 0 spiro atoms. The van der Waals surface area contributed by atoms with Gasteiger partial charge in [0.25, 0.3) is 0 Å². The van der Waals surface area contributed by atoms with E-state index in [1.54, 1.807) is 0 Å². The Labute approximate surface area is 119 Å². The molecular formula is C17H30N2. The Balaban J connectivity index is 2.70. The van der Waals surface area contributed by atoms with Crippen LogP contribution >= 0.6 is 0 Å². The van der Waals surface area contributed by atoms with Gasteiger partial charge in [0.05, 0.1) is 0 Å². The molecule has 1 aromatic carbocycles. The lowest BCUT2D eigenvalue weighted by Crippen LogP contribution is -2.28. The van der Waals surface area contributed by atoms with E-state index in [0.717, 1.165) is 25.6 Å². The second-order valence-electron chi connectivity index (χ2n) is 6.03. The van der Waals surface area contributed by atoms with Crippen LogP contribution in [0.2, 0.25) is 0 Å². The van der Waals surface area contributed by atoms with Gasteiger partial charge in [-0.1, -0.05) is 58.9 Å². The van der Waals surface area contributed by atoms with Gasteiger partial charge in [-0.3, -0.25) is 4.90 Å². The first-order chi connectivity index (χ1) is 9.02. The molecule has 0 amide bonds. The van der Waals surface area contributed by atoms with Gasteiger partial charge in [-0.05, 0) is 23.6 Å². The summed E-state index contributed by atoms with van der Waals surface area (Å²) in [5.41, 5.74) is 2.89. The maximum Gasteiger partial charge on any atom is 0.0236 e. The van der Waals surface area contributed by atoms with E-state index < -0.39 is 0 Å². The number of hydrogen-bond acceptors (Lipinski definition) is 2. The minimum atomic E-state index is 0.533. The zero-order valence-electron chi connectivity index (χ0n) is 13.2. The minimum absolute atomic E-state index is 0.533. The second kappa shape index (κ2) is 8.34. The quantitative estimate of drug-likeness (QED) is 0.769. The zero-order chi connectivity index (χ0) is 14.3. The Hall–Kier alpha value is -0.860. The molecule has 0 aromatic heterocycles. The lowest BCUT2D eigenvalue weighted by Gasteiger charge is -2.24. The molecule has 1 rings (SSSR count). The highest BCUT2D eigenvalue weighted by molar-refractivity contribution is 5.27. The largest absolute Gasteiger partial charge is 0.310 e. The van der Waals surface area contributed by atoms with Crippen molar-refractivity contribution in [3.63, 3.8) is 0 Å². The summed E-state index contributed by atoms with van der Waals surface area (Å²) in [6, 6.07) is 9.33. The first-order valence-electron chi connectivity index (χ1n) is 7.55. The molecule has 0 atom stereocenters. The third-order valence-electron chi connectivity index (χ3n) is 3.28. The van der Waals surface area contributed by atoms with E-state index in [4.69, 9.17) is 0 Å². The van der Waals surface area contributed by atoms with E-state index in [1.165, 1.54) is 17.7 Å². The fourth-order valence-electron chi connectivity index (χ4n) is 2.26. The van der Waals surface area contributed by atoms with E-state index in [-0.39, 0.29) is 0 Å². The van der Waals surface area contributed by atoms with E-state index >= 15 is 0 Å². The Morgan fingerprint density at radius 1 is 1.05 bits per heavy atom. The topological polar surface area (TPSA) is 15.3 Å². The summed E-state index contributed by atoms with van der Waals surface area (Å²) in [5, 5.41) is 3.52. The van der Waals surface area contributed by atoms with Crippen LogP contribution < -0.4 is 5.32 Å². The maximum absolute atomic E-state index is 3.52. The van der Waals surface area contributed by atoms with Crippen molar-refractivity contribution < 1.29 is 0 Å². The molecule has 1 aromatic rings. The standard InChI is InChI=1S/C17H30N2/c1-6-19(12-14(2)3)13-17-10-8-7-9-16(17)11-18-15(4)5/h7-10,14-15,18H,6,11-13H2,1-5H3. The summed E-state index contributed by atoms with van der Waals surface area (Å²) in [4.78, 5) is 2.53. The lowest BCUT2D eigenvalue weighted by atomic mass is 10.1. The summed E-state index contributed by atoms with van der Waals surface area (Å²) in [6.07, 6.45) is 0. The van der Waals surface area contributed by atoms with Gasteiger partial charge in [0.1, 0.15) is 0 Å². The average Bonchev–Trinajstić information content (AvgIpc) is 2.36. The molecule has 0 aliphatic rings. The molecule has 0 aliphatic heterocycles. The highest BCUT2D eigenvalue weighted by Gasteiger charge is 2.09. The van der Waals surface area contributed by atoms with Crippen molar-refractivity contribution in [3.05, 3.63) is 35.4 Å². The van der Waals surface area contributed by atoms with Gasteiger partial charge in [-0.25, -0.2) is 0 Å². The molecule has 0 saturated heterocycles. The van der Waals surface area contributed by atoms with Gasteiger partial charge < -0.3 is 5.32 Å². The van der Waals surface area contributed by atoms with Crippen LogP contribution in [0.3, 0.4) is 0 Å². The van der Waals surface area contributed by atoms with Crippen LogP contribution in [0, 0.1) is 5.92 Å². The van der Waals surface area contributed by atoms with Crippen LogP contribution in [0.4, 0.5) is 0 Å². The summed E-state index contributed by atoms with van der Waals surface area (Å²) < 4.78 is 0. The number of nitrogens with zero attached hydrogens (tertiary/aromatic N) is 1. The fourth-order valence-corrected chi connectivity index (χ4v) is 2.26. The van der Waals surface area contributed by atoms with Crippen molar-refractivity contribution in [2.75, 3.05) is 13.1 Å². The van der Waals surface area contributed by atoms with E-state index in [2.05, 4.69) is 69.1 Å². The average molecular weight is 262 g/mol. The van der Waals surface area contributed by atoms with Crippen molar-refractivity contribution >= 4 is 0 Å². The molecule has 0 radical (unpaired) electrons. The Kier molecular flexibility index (Phi) is 7.11.